The fourth-order valence-corrected chi connectivity index (χ4v) is 2.36. The molecule has 1 aliphatic rings. The van der Waals surface area contributed by atoms with Gasteiger partial charge in [-0.25, -0.2) is 4.79 Å². The predicted molar refractivity (Wildman–Crippen MR) is 83.2 cm³/mol. The van der Waals surface area contributed by atoms with E-state index < -0.39 is 29.9 Å². The lowest BCUT2D eigenvalue weighted by molar-refractivity contribution is -0.156. The van der Waals surface area contributed by atoms with E-state index in [-0.39, 0.29) is 18.9 Å². The molecule has 0 bridgehead atoms. The number of benzene rings is 1. The van der Waals surface area contributed by atoms with Crippen molar-refractivity contribution in [2.24, 2.45) is 5.92 Å². The fourth-order valence-electron chi connectivity index (χ4n) is 2.23. The number of hydrogen-bond donors (Lipinski definition) is 3. The highest BCUT2D eigenvalue weighted by Crippen LogP contribution is 2.26. The summed E-state index contributed by atoms with van der Waals surface area (Å²) in [4.78, 5) is 36.4. The molecule has 124 valence electrons. The van der Waals surface area contributed by atoms with E-state index in [1.807, 2.05) is 0 Å². The molecule has 0 saturated carbocycles. The molecular weight excluding hydrogens is 324 g/mol. The SMILES string of the molecule is CC(O)(CNC(=O)C1CC(=O)N(c2ccc(Cl)cc2)C1)C(=O)O. The minimum atomic E-state index is -2.05. The number of hydrogen-bond acceptors (Lipinski definition) is 4. The van der Waals surface area contributed by atoms with Crippen molar-refractivity contribution in [1.29, 1.82) is 0 Å². The second kappa shape index (κ2) is 6.55. The van der Waals surface area contributed by atoms with Gasteiger partial charge in [0.05, 0.1) is 12.5 Å². The zero-order valence-corrected chi connectivity index (χ0v) is 13.2. The molecule has 2 amide bonds. The summed E-state index contributed by atoms with van der Waals surface area (Å²) in [5, 5.41) is 21.3. The molecule has 1 fully saturated rings. The molecule has 8 heteroatoms. The van der Waals surface area contributed by atoms with Crippen LogP contribution < -0.4 is 10.2 Å². The summed E-state index contributed by atoms with van der Waals surface area (Å²) in [6, 6.07) is 6.69. The van der Waals surface area contributed by atoms with Crippen molar-refractivity contribution in [3.63, 3.8) is 0 Å². The van der Waals surface area contributed by atoms with E-state index >= 15 is 0 Å². The predicted octanol–water partition coefficient (Wildman–Crippen LogP) is 0.645. The van der Waals surface area contributed by atoms with Crippen LogP contribution in [0, 0.1) is 5.92 Å². The lowest BCUT2D eigenvalue weighted by atomic mass is 10.1. The average Bonchev–Trinajstić information content (AvgIpc) is 2.87. The Hall–Kier alpha value is -2.12. The highest BCUT2D eigenvalue weighted by atomic mass is 35.5. The number of nitrogens with one attached hydrogen (secondary N) is 1. The van der Waals surface area contributed by atoms with Crippen LogP contribution in [0.4, 0.5) is 5.69 Å². The zero-order chi connectivity index (χ0) is 17.2. The number of carboxylic acids is 1. The van der Waals surface area contributed by atoms with E-state index in [4.69, 9.17) is 16.7 Å². The first-order valence-electron chi connectivity index (χ1n) is 7.00. The molecule has 0 radical (unpaired) electrons. The molecule has 0 spiro atoms. The number of anilines is 1. The lowest BCUT2D eigenvalue weighted by Gasteiger charge is -2.20. The number of carbonyl (C=O) groups excluding carboxylic acids is 2. The molecule has 0 aliphatic carbocycles. The van der Waals surface area contributed by atoms with Crippen LogP contribution in [0.3, 0.4) is 0 Å². The summed E-state index contributed by atoms with van der Waals surface area (Å²) in [6.45, 7) is 0.865. The quantitative estimate of drug-likeness (QED) is 0.729. The minimum absolute atomic E-state index is 0.0314. The fraction of sp³-hybridized carbons (Fsp3) is 0.400. The van der Waals surface area contributed by atoms with Gasteiger partial charge in [-0.15, -0.1) is 0 Å². The number of aliphatic hydroxyl groups is 1. The number of amides is 2. The topological polar surface area (TPSA) is 107 Å². The first-order chi connectivity index (χ1) is 10.7. The molecule has 1 saturated heterocycles. The van der Waals surface area contributed by atoms with Gasteiger partial charge in [-0.05, 0) is 31.2 Å². The first kappa shape index (κ1) is 17.2. The summed E-state index contributed by atoms with van der Waals surface area (Å²) in [5.74, 6) is -2.68. The third kappa shape index (κ3) is 4.00. The standard InChI is InChI=1S/C15H17ClN2O5/c1-15(23,14(21)22)8-17-13(20)9-6-12(19)18(7-9)11-4-2-10(16)3-5-11/h2-5,9,23H,6-8H2,1H3,(H,17,20)(H,21,22). The van der Waals surface area contributed by atoms with Gasteiger partial charge in [0, 0.05) is 23.7 Å². The van der Waals surface area contributed by atoms with E-state index in [0.29, 0.717) is 10.7 Å². The smallest absolute Gasteiger partial charge is 0.337 e. The Kier molecular flexibility index (Phi) is 4.91. The molecule has 2 rings (SSSR count). The van der Waals surface area contributed by atoms with Crippen LogP contribution in [0.2, 0.25) is 5.02 Å². The zero-order valence-electron chi connectivity index (χ0n) is 12.5. The molecular formula is C15H17ClN2O5. The number of carboxylic acid groups (broad SMARTS) is 1. The molecule has 23 heavy (non-hydrogen) atoms. The van der Waals surface area contributed by atoms with Gasteiger partial charge in [-0.3, -0.25) is 9.59 Å². The van der Waals surface area contributed by atoms with Crippen molar-refractivity contribution in [1.82, 2.24) is 5.32 Å². The van der Waals surface area contributed by atoms with Gasteiger partial charge in [-0.2, -0.15) is 0 Å². The summed E-state index contributed by atoms with van der Waals surface area (Å²) in [7, 11) is 0. The highest BCUT2D eigenvalue weighted by Gasteiger charge is 2.37. The van der Waals surface area contributed by atoms with E-state index in [1.54, 1.807) is 24.3 Å². The van der Waals surface area contributed by atoms with Gasteiger partial charge in [0.2, 0.25) is 11.8 Å². The van der Waals surface area contributed by atoms with Gasteiger partial charge in [-0.1, -0.05) is 11.6 Å². The third-order valence-electron chi connectivity index (χ3n) is 3.70. The van der Waals surface area contributed by atoms with Crippen LogP contribution in [0.15, 0.2) is 24.3 Å². The van der Waals surface area contributed by atoms with E-state index in [1.165, 1.54) is 4.90 Å². The van der Waals surface area contributed by atoms with Crippen LogP contribution >= 0.6 is 11.6 Å². The van der Waals surface area contributed by atoms with Crippen LogP contribution in [0.5, 0.6) is 0 Å². The van der Waals surface area contributed by atoms with Crippen LogP contribution in [-0.2, 0) is 14.4 Å². The first-order valence-corrected chi connectivity index (χ1v) is 7.38. The van der Waals surface area contributed by atoms with Crippen molar-refractivity contribution < 1.29 is 24.6 Å². The Labute approximate surface area is 137 Å². The number of aliphatic carboxylic acids is 1. The van der Waals surface area contributed by atoms with Crippen molar-refractivity contribution in [2.45, 2.75) is 18.9 Å². The number of rotatable bonds is 5. The molecule has 1 aromatic rings. The van der Waals surface area contributed by atoms with Crippen molar-refractivity contribution in [3.8, 4) is 0 Å². The van der Waals surface area contributed by atoms with Crippen LogP contribution in [0.25, 0.3) is 0 Å². The summed E-state index contributed by atoms with van der Waals surface area (Å²) >= 11 is 5.80. The van der Waals surface area contributed by atoms with Crippen molar-refractivity contribution in [2.75, 3.05) is 18.0 Å². The maximum atomic E-state index is 12.1. The van der Waals surface area contributed by atoms with Gasteiger partial charge < -0.3 is 20.4 Å². The highest BCUT2D eigenvalue weighted by molar-refractivity contribution is 6.30. The molecule has 7 nitrogen and oxygen atoms in total. The monoisotopic (exact) mass is 340 g/mol. The van der Waals surface area contributed by atoms with Crippen molar-refractivity contribution >= 4 is 35.1 Å². The van der Waals surface area contributed by atoms with Gasteiger partial charge in [0.15, 0.2) is 5.60 Å². The van der Waals surface area contributed by atoms with E-state index in [9.17, 15) is 19.5 Å². The molecule has 1 aliphatic heterocycles. The Bertz CT molecular complexity index is 629. The van der Waals surface area contributed by atoms with Crippen LogP contribution in [-0.4, -0.2) is 46.7 Å². The lowest BCUT2D eigenvalue weighted by Crippen LogP contribution is -2.48. The minimum Gasteiger partial charge on any atom is -0.479 e. The number of nitrogens with zero attached hydrogens (tertiary/aromatic N) is 1. The summed E-state index contributed by atoms with van der Waals surface area (Å²) in [5.41, 5.74) is -1.40. The van der Waals surface area contributed by atoms with Crippen LogP contribution in [0.1, 0.15) is 13.3 Å². The molecule has 2 atom stereocenters. The molecule has 0 aromatic heterocycles. The number of halogens is 1. The molecule has 3 N–H and O–H groups in total. The number of carbonyl (C=O) groups is 3. The summed E-state index contributed by atoms with van der Waals surface area (Å²) in [6.07, 6.45) is 0.0314. The molecule has 1 aromatic carbocycles. The van der Waals surface area contributed by atoms with Gasteiger partial charge >= 0.3 is 5.97 Å². The largest absolute Gasteiger partial charge is 0.479 e. The average molecular weight is 341 g/mol. The summed E-state index contributed by atoms with van der Waals surface area (Å²) < 4.78 is 0. The molecule has 1 heterocycles. The second-order valence-electron chi connectivity index (χ2n) is 5.68. The maximum absolute atomic E-state index is 12.1. The third-order valence-corrected chi connectivity index (χ3v) is 3.95. The Morgan fingerprint density at radius 3 is 2.57 bits per heavy atom. The van der Waals surface area contributed by atoms with Gasteiger partial charge in [0.1, 0.15) is 0 Å². The van der Waals surface area contributed by atoms with Crippen molar-refractivity contribution in [3.05, 3.63) is 29.3 Å². The van der Waals surface area contributed by atoms with Gasteiger partial charge in [0.25, 0.3) is 0 Å². The second-order valence-corrected chi connectivity index (χ2v) is 6.12. The normalized spacial score (nSPS) is 20.2. The van der Waals surface area contributed by atoms with E-state index in [2.05, 4.69) is 5.32 Å². The Balaban J connectivity index is 1.98. The van der Waals surface area contributed by atoms with E-state index in [0.717, 1.165) is 6.92 Å². The Morgan fingerprint density at radius 2 is 2.00 bits per heavy atom. The Morgan fingerprint density at radius 1 is 1.39 bits per heavy atom. The molecule has 2 unspecified atom stereocenters. The maximum Gasteiger partial charge on any atom is 0.337 e.